The number of hydrogen-bond donors (Lipinski definition) is 2. The summed E-state index contributed by atoms with van der Waals surface area (Å²) in [6.07, 6.45) is 3.25. The second-order valence-corrected chi connectivity index (χ2v) is 10.1. The Morgan fingerprint density at radius 3 is 2.68 bits per heavy atom. The Hall–Kier alpha value is -3.76. The van der Waals surface area contributed by atoms with Crippen molar-refractivity contribution >= 4 is 17.5 Å². The molecule has 3 aromatic rings. The van der Waals surface area contributed by atoms with Crippen LogP contribution in [-0.2, 0) is 13.6 Å². The van der Waals surface area contributed by atoms with E-state index < -0.39 is 0 Å². The molecule has 202 valence electrons. The normalized spacial score (nSPS) is 18.4. The zero-order valence-electron chi connectivity index (χ0n) is 22.6. The van der Waals surface area contributed by atoms with E-state index in [-0.39, 0.29) is 36.5 Å². The molecule has 0 aliphatic carbocycles. The molecule has 2 N–H and O–H groups in total. The molecule has 3 heterocycles. The van der Waals surface area contributed by atoms with Crippen LogP contribution in [0.15, 0.2) is 48.8 Å². The lowest BCUT2D eigenvalue weighted by atomic mass is 9.99. The van der Waals surface area contributed by atoms with E-state index in [2.05, 4.69) is 20.3 Å². The highest BCUT2D eigenvalue weighted by molar-refractivity contribution is 6.06. The third-order valence-electron chi connectivity index (χ3n) is 6.87. The van der Waals surface area contributed by atoms with Crippen molar-refractivity contribution in [3.8, 4) is 5.75 Å². The number of carbonyl (C=O) groups is 2. The van der Waals surface area contributed by atoms with Gasteiger partial charge in [-0.25, -0.2) is 0 Å². The average molecular weight is 521 g/mol. The van der Waals surface area contributed by atoms with E-state index in [9.17, 15) is 14.7 Å². The molecule has 10 heteroatoms. The number of nitrogens with zero attached hydrogens (tertiary/aromatic N) is 5. The number of rotatable bonds is 8. The van der Waals surface area contributed by atoms with Gasteiger partial charge in [-0.15, -0.1) is 0 Å². The second kappa shape index (κ2) is 11.7. The first-order valence-corrected chi connectivity index (χ1v) is 12.8. The van der Waals surface area contributed by atoms with Gasteiger partial charge in [-0.2, -0.15) is 5.10 Å². The van der Waals surface area contributed by atoms with Crippen LogP contribution in [-0.4, -0.2) is 80.4 Å². The quantitative estimate of drug-likeness (QED) is 0.470. The van der Waals surface area contributed by atoms with Crippen LogP contribution < -0.4 is 10.1 Å². The Bertz CT molecular complexity index is 1280. The third-order valence-corrected chi connectivity index (χ3v) is 6.87. The molecule has 0 saturated carbocycles. The van der Waals surface area contributed by atoms with Crippen molar-refractivity contribution < 1.29 is 19.4 Å². The molecule has 2 aromatic heterocycles. The van der Waals surface area contributed by atoms with E-state index >= 15 is 0 Å². The maximum absolute atomic E-state index is 13.7. The lowest BCUT2D eigenvalue weighted by Gasteiger charge is -2.38. The van der Waals surface area contributed by atoms with Crippen molar-refractivity contribution in [3.63, 3.8) is 0 Å². The molecule has 0 saturated heterocycles. The topological polar surface area (TPSA) is 113 Å². The minimum Gasteiger partial charge on any atom is -0.486 e. The Morgan fingerprint density at radius 2 is 2.03 bits per heavy atom. The third kappa shape index (κ3) is 6.03. The maximum Gasteiger partial charge on any atom is 0.274 e. The van der Waals surface area contributed by atoms with Crippen LogP contribution in [0.2, 0.25) is 0 Å². The first-order chi connectivity index (χ1) is 18.2. The molecule has 38 heavy (non-hydrogen) atoms. The van der Waals surface area contributed by atoms with Gasteiger partial charge in [0, 0.05) is 45.0 Å². The summed E-state index contributed by atoms with van der Waals surface area (Å²) >= 11 is 0. The molecule has 1 aliphatic rings. The summed E-state index contributed by atoms with van der Waals surface area (Å²) in [7, 11) is 3.73. The number of likely N-dealkylation sites (N-methyl/N-ethyl adjacent to an activating group) is 1. The SMILES string of the molecule is Cc1cc(C(=O)Nc2cccc3c2O[C@@H](CN(C)Cc2ccncc2)[C@@H](C)CN([C@H](C)CO)C3=O)n(C)n1. The van der Waals surface area contributed by atoms with Gasteiger partial charge >= 0.3 is 0 Å². The van der Waals surface area contributed by atoms with Crippen LogP contribution in [0.5, 0.6) is 5.75 Å². The monoisotopic (exact) mass is 520 g/mol. The van der Waals surface area contributed by atoms with Crippen molar-refractivity contribution in [1.82, 2.24) is 24.6 Å². The molecule has 1 aromatic carbocycles. The first-order valence-electron chi connectivity index (χ1n) is 12.8. The summed E-state index contributed by atoms with van der Waals surface area (Å²) in [6, 6.07) is 10.4. The summed E-state index contributed by atoms with van der Waals surface area (Å²) in [4.78, 5) is 34.8. The van der Waals surface area contributed by atoms with E-state index in [0.29, 0.717) is 42.3 Å². The second-order valence-electron chi connectivity index (χ2n) is 10.1. The summed E-state index contributed by atoms with van der Waals surface area (Å²) in [6.45, 7) is 7.25. The number of aromatic nitrogens is 3. The molecule has 3 atom stereocenters. The minimum atomic E-state index is -0.373. The van der Waals surface area contributed by atoms with Crippen LogP contribution in [0.1, 0.15) is 46.0 Å². The fourth-order valence-electron chi connectivity index (χ4n) is 4.74. The lowest BCUT2D eigenvalue weighted by molar-refractivity contribution is 0.0343. The van der Waals surface area contributed by atoms with Crippen LogP contribution in [0.4, 0.5) is 5.69 Å². The number of pyridine rings is 1. The highest BCUT2D eigenvalue weighted by atomic mass is 16.5. The fourth-order valence-corrected chi connectivity index (χ4v) is 4.74. The zero-order valence-corrected chi connectivity index (χ0v) is 22.6. The van der Waals surface area contributed by atoms with Crippen molar-refractivity contribution in [2.24, 2.45) is 13.0 Å². The van der Waals surface area contributed by atoms with Gasteiger partial charge in [0.15, 0.2) is 5.75 Å². The molecule has 0 bridgehead atoms. The van der Waals surface area contributed by atoms with Gasteiger partial charge in [0.2, 0.25) is 0 Å². The predicted octanol–water partition coefficient (Wildman–Crippen LogP) is 2.73. The number of nitrogens with one attached hydrogen (secondary N) is 1. The number of carbonyl (C=O) groups excluding carboxylic acids is 2. The molecule has 0 spiro atoms. The fraction of sp³-hybridized carbons (Fsp3) is 0.429. The Balaban J connectivity index is 1.68. The van der Waals surface area contributed by atoms with Crippen LogP contribution in [0.25, 0.3) is 0 Å². The highest BCUT2D eigenvalue weighted by Crippen LogP contribution is 2.35. The first kappa shape index (κ1) is 27.3. The summed E-state index contributed by atoms with van der Waals surface area (Å²) in [5.41, 5.74) is 3.01. The number of aryl methyl sites for hydroxylation is 2. The van der Waals surface area contributed by atoms with Gasteiger partial charge in [0.25, 0.3) is 11.8 Å². The van der Waals surface area contributed by atoms with Crippen molar-refractivity contribution in [2.45, 2.75) is 39.5 Å². The number of anilines is 1. The molecule has 1 aliphatic heterocycles. The van der Waals surface area contributed by atoms with Crippen molar-refractivity contribution in [2.75, 3.05) is 32.1 Å². The maximum atomic E-state index is 13.7. The van der Waals surface area contributed by atoms with Crippen LogP contribution >= 0.6 is 0 Å². The minimum absolute atomic E-state index is 0.0514. The van der Waals surface area contributed by atoms with Gasteiger partial charge in [0.1, 0.15) is 11.8 Å². The van der Waals surface area contributed by atoms with E-state index in [1.54, 1.807) is 48.6 Å². The Morgan fingerprint density at radius 1 is 1.29 bits per heavy atom. The van der Waals surface area contributed by atoms with Crippen molar-refractivity contribution in [3.05, 3.63) is 71.3 Å². The number of para-hydroxylation sites is 1. The van der Waals surface area contributed by atoms with E-state index in [0.717, 1.165) is 11.3 Å². The molecule has 4 rings (SSSR count). The van der Waals surface area contributed by atoms with Gasteiger partial charge in [-0.3, -0.25) is 24.2 Å². The standard InChI is InChI=1S/C28H36N6O4/c1-18-14-34(20(3)17-35)28(37)22-7-6-8-23(30-27(36)24-13-19(2)31-33(24)5)26(22)38-25(18)16-32(4)15-21-9-11-29-12-10-21/h6-13,18,20,25,35H,14-17H2,1-5H3,(H,30,36)/t18-,20+,25-/m0/s1. The number of aliphatic hydroxyl groups excluding tert-OH is 1. The smallest absolute Gasteiger partial charge is 0.274 e. The van der Waals surface area contributed by atoms with Gasteiger partial charge in [0.05, 0.1) is 29.6 Å². The van der Waals surface area contributed by atoms with E-state index in [1.807, 2.05) is 40.0 Å². The summed E-state index contributed by atoms with van der Waals surface area (Å²) < 4.78 is 8.11. The average Bonchev–Trinajstić information content (AvgIpc) is 3.24. The van der Waals surface area contributed by atoms with Crippen molar-refractivity contribution in [1.29, 1.82) is 0 Å². The van der Waals surface area contributed by atoms with Gasteiger partial charge in [-0.1, -0.05) is 13.0 Å². The zero-order chi connectivity index (χ0) is 27.4. The number of fused-ring (bicyclic) bond motifs is 1. The molecular weight excluding hydrogens is 484 g/mol. The summed E-state index contributed by atoms with van der Waals surface area (Å²) in [5, 5.41) is 17.1. The Kier molecular flexibility index (Phi) is 8.43. The number of amides is 2. The van der Waals surface area contributed by atoms with E-state index in [1.165, 1.54) is 4.68 Å². The van der Waals surface area contributed by atoms with Gasteiger partial charge in [-0.05, 0) is 56.8 Å². The van der Waals surface area contributed by atoms with Crippen LogP contribution in [0, 0.1) is 12.8 Å². The van der Waals surface area contributed by atoms with E-state index in [4.69, 9.17) is 4.74 Å². The van der Waals surface area contributed by atoms with Crippen LogP contribution in [0.3, 0.4) is 0 Å². The number of aliphatic hydroxyl groups is 1. The van der Waals surface area contributed by atoms with Gasteiger partial charge < -0.3 is 20.1 Å². The molecule has 10 nitrogen and oxygen atoms in total. The predicted molar refractivity (Wildman–Crippen MR) is 144 cm³/mol. The number of hydrogen-bond acceptors (Lipinski definition) is 7. The lowest BCUT2D eigenvalue weighted by Crippen LogP contribution is -2.49. The number of ether oxygens (including phenoxy) is 1. The Labute approximate surface area is 223 Å². The molecule has 0 radical (unpaired) electrons. The molecule has 0 fully saturated rings. The summed E-state index contributed by atoms with van der Waals surface area (Å²) in [5.74, 6) is -0.317. The largest absolute Gasteiger partial charge is 0.486 e. The highest BCUT2D eigenvalue weighted by Gasteiger charge is 2.34. The number of benzene rings is 1. The molecule has 0 unspecified atom stereocenters. The molecular formula is C28H36N6O4. The molecule has 2 amide bonds.